The van der Waals surface area contributed by atoms with Crippen LogP contribution in [-0.2, 0) is 11.2 Å². The Kier molecular flexibility index (Phi) is 11.7. The molecule has 1 aliphatic carbocycles. The van der Waals surface area contributed by atoms with Crippen molar-refractivity contribution in [3.05, 3.63) is 87.8 Å². The lowest BCUT2D eigenvalue weighted by Gasteiger charge is -2.47. The highest BCUT2D eigenvalue weighted by atomic mass is 35.5. The molecule has 8 nitrogen and oxygen atoms in total. The van der Waals surface area contributed by atoms with Gasteiger partial charge in [-0.15, -0.1) is 0 Å². The number of carbonyl (C=O) groups is 2. The van der Waals surface area contributed by atoms with Gasteiger partial charge in [-0.3, -0.25) is 14.4 Å². The Morgan fingerprint density at radius 2 is 1.79 bits per heavy atom. The monoisotopic (exact) mass is 675 g/mol. The van der Waals surface area contributed by atoms with E-state index in [9.17, 15) is 14.4 Å². The van der Waals surface area contributed by atoms with Gasteiger partial charge in [-0.2, -0.15) is 0 Å². The largest absolute Gasteiger partial charge is 0.490 e. The normalized spacial score (nSPS) is 17.8. The summed E-state index contributed by atoms with van der Waals surface area (Å²) < 4.78 is 11.5. The van der Waals surface area contributed by atoms with Crippen LogP contribution in [0.25, 0.3) is 11.0 Å². The molecule has 5 rings (SSSR count). The number of likely N-dealkylation sites (tertiary alicyclic amines) is 1. The molecule has 1 saturated heterocycles. The number of halogens is 1. The summed E-state index contributed by atoms with van der Waals surface area (Å²) in [4.78, 5) is 42.8. The number of ether oxygens (including phenoxy) is 1. The van der Waals surface area contributed by atoms with Gasteiger partial charge in [0.2, 0.25) is 5.91 Å². The number of piperidine rings is 1. The van der Waals surface area contributed by atoms with E-state index in [4.69, 9.17) is 20.8 Å². The van der Waals surface area contributed by atoms with Gasteiger partial charge in [0.25, 0.3) is 5.91 Å². The summed E-state index contributed by atoms with van der Waals surface area (Å²) in [5.41, 5.74) is 0.456. The lowest BCUT2D eigenvalue weighted by Crippen LogP contribution is -2.56. The van der Waals surface area contributed by atoms with E-state index in [0.29, 0.717) is 47.1 Å². The Labute approximate surface area is 289 Å². The third-order valence-corrected chi connectivity index (χ3v) is 10.1. The molecule has 1 aromatic heterocycles. The van der Waals surface area contributed by atoms with Crippen molar-refractivity contribution in [2.45, 2.75) is 90.1 Å². The molecule has 0 unspecified atom stereocenters. The minimum Gasteiger partial charge on any atom is -0.490 e. The zero-order valence-electron chi connectivity index (χ0n) is 28.6. The molecule has 2 heterocycles. The average molecular weight is 676 g/mol. The third kappa shape index (κ3) is 9.08. The highest BCUT2D eigenvalue weighted by Gasteiger charge is 2.48. The second kappa shape index (κ2) is 15.7. The second-order valence-corrected chi connectivity index (χ2v) is 15.0. The van der Waals surface area contributed by atoms with Crippen molar-refractivity contribution in [1.29, 1.82) is 0 Å². The minimum atomic E-state index is -0.436. The number of nitrogens with zero attached hydrogens (tertiary/aromatic N) is 1. The number of amides is 2. The fourth-order valence-corrected chi connectivity index (χ4v) is 7.46. The maximum Gasteiger partial charge on any atom is 0.287 e. The molecule has 1 saturated carbocycles. The summed E-state index contributed by atoms with van der Waals surface area (Å²) in [7, 11) is 0. The molecule has 9 heteroatoms. The standard InChI is InChI=1S/C39H50ClN3O5/c1-5-23-47-31-15-16-34-32(25-31)33(44)26-35(48-34)36(45)41-30(24-27-11-13-29(40)14-12-27)17-20-43-21-18-39(19-22-43,28-9-7-6-8-10-28)37(46)42-38(2,3)4/h5,11-16,25-26,28,30H,1,6-10,17-24H2,2-4H3,(H,41,45)(H,42,46)/t30-/m1/s1. The zero-order valence-corrected chi connectivity index (χ0v) is 29.4. The number of nitrogens with one attached hydrogen (secondary N) is 2. The van der Waals surface area contributed by atoms with E-state index in [-0.39, 0.29) is 34.1 Å². The fourth-order valence-electron chi connectivity index (χ4n) is 7.33. The summed E-state index contributed by atoms with van der Waals surface area (Å²) >= 11 is 6.15. The number of rotatable bonds is 12. The quantitative estimate of drug-likeness (QED) is 0.195. The second-order valence-electron chi connectivity index (χ2n) is 14.6. The van der Waals surface area contributed by atoms with Gasteiger partial charge < -0.3 is 24.7 Å². The smallest absolute Gasteiger partial charge is 0.287 e. The third-order valence-electron chi connectivity index (χ3n) is 9.89. The molecule has 0 spiro atoms. The van der Waals surface area contributed by atoms with Crippen molar-refractivity contribution in [1.82, 2.24) is 15.5 Å². The predicted molar refractivity (Wildman–Crippen MR) is 192 cm³/mol. The van der Waals surface area contributed by atoms with Crippen LogP contribution >= 0.6 is 11.6 Å². The molecule has 0 radical (unpaired) electrons. The Hall–Kier alpha value is -3.62. The van der Waals surface area contributed by atoms with Gasteiger partial charge in [0.1, 0.15) is 17.9 Å². The van der Waals surface area contributed by atoms with E-state index in [1.54, 1.807) is 24.3 Å². The van der Waals surface area contributed by atoms with Crippen LogP contribution in [-0.4, -0.2) is 54.5 Å². The van der Waals surface area contributed by atoms with E-state index in [0.717, 1.165) is 50.9 Å². The van der Waals surface area contributed by atoms with E-state index in [2.05, 4.69) is 42.9 Å². The number of fused-ring (bicyclic) bond motifs is 1. The summed E-state index contributed by atoms with van der Waals surface area (Å²) in [6, 6.07) is 13.6. The minimum absolute atomic E-state index is 0.0338. The SMILES string of the molecule is C=CCOc1ccc2oc(C(=O)N[C@H](CCN3CCC(C(=O)NC(C)(C)C)(C4CCCCC4)CC3)Cc3ccc(Cl)cc3)cc(=O)c2c1. The van der Waals surface area contributed by atoms with Crippen molar-refractivity contribution in [3.8, 4) is 5.75 Å². The Balaban J connectivity index is 1.28. The van der Waals surface area contributed by atoms with Crippen LogP contribution in [0.1, 0.15) is 88.3 Å². The van der Waals surface area contributed by atoms with Crippen LogP contribution < -0.4 is 20.8 Å². The zero-order chi connectivity index (χ0) is 34.3. The van der Waals surface area contributed by atoms with E-state index in [1.807, 2.05) is 24.3 Å². The molecule has 2 aromatic carbocycles. The molecule has 2 amide bonds. The molecular formula is C39H50ClN3O5. The predicted octanol–water partition coefficient (Wildman–Crippen LogP) is 7.32. The number of hydrogen-bond donors (Lipinski definition) is 2. The van der Waals surface area contributed by atoms with Crippen molar-refractivity contribution >= 4 is 34.4 Å². The topological polar surface area (TPSA) is 101 Å². The average Bonchev–Trinajstić information content (AvgIpc) is 3.07. The highest BCUT2D eigenvalue weighted by molar-refractivity contribution is 6.30. The number of benzene rings is 2. The van der Waals surface area contributed by atoms with Crippen LogP contribution in [0.5, 0.6) is 5.75 Å². The molecule has 258 valence electrons. The van der Waals surface area contributed by atoms with Crippen molar-refractivity contribution < 1.29 is 18.7 Å². The molecule has 0 bridgehead atoms. The molecule has 3 aromatic rings. The number of carbonyl (C=O) groups excluding carboxylic acids is 2. The van der Waals surface area contributed by atoms with Crippen molar-refractivity contribution in [3.63, 3.8) is 0 Å². The van der Waals surface area contributed by atoms with Gasteiger partial charge in [-0.05, 0) is 114 Å². The maximum absolute atomic E-state index is 13.8. The molecule has 2 aliphatic rings. The summed E-state index contributed by atoms with van der Waals surface area (Å²) in [6.45, 7) is 12.6. The van der Waals surface area contributed by atoms with Crippen molar-refractivity contribution in [2.75, 3.05) is 26.2 Å². The van der Waals surface area contributed by atoms with Crippen LogP contribution in [0.3, 0.4) is 0 Å². The van der Waals surface area contributed by atoms with Gasteiger partial charge in [0, 0.05) is 29.2 Å². The summed E-state index contributed by atoms with van der Waals surface area (Å²) in [5, 5.41) is 7.48. The lowest BCUT2D eigenvalue weighted by atomic mass is 9.63. The van der Waals surface area contributed by atoms with Crippen molar-refractivity contribution in [2.24, 2.45) is 11.3 Å². The van der Waals surface area contributed by atoms with E-state index in [1.165, 1.54) is 25.3 Å². The fraction of sp³-hybridized carbons (Fsp3) is 0.513. The Bertz CT molecular complexity index is 1630. The molecule has 1 aliphatic heterocycles. The first-order chi connectivity index (χ1) is 23.0. The van der Waals surface area contributed by atoms with Gasteiger partial charge in [-0.25, -0.2) is 0 Å². The first-order valence-electron chi connectivity index (χ1n) is 17.4. The first-order valence-corrected chi connectivity index (χ1v) is 17.8. The Morgan fingerprint density at radius 3 is 2.46 bits per heavy atom. The van der Waals surface area contributed by atoms with Gasteiger partial charge in [0.15, 0.2) is 11.2 Å². The lowest BCUT2D eigenvalue weighted by molar-refractivity contribution is -0.141. The molecule has 2 fully saturated rings. The van der Waals surface area contributed by atoms with Crippen LogP contribution in [0.15, 0.2) is 70.4 Å². The molecule has 1 atom stereocenters. The first kappa shape index (κ1) is 35.7. The van der Waals surface area contributed by atoms with Crippen LogP contribution in [0.4, 0.5) is 0 Å². The van der Waals surface area contributed by atoms with Gasteiger partial charge in [0.05, 0.1) is 10.8 Å². The van der Waals surface area contributed by atoms with E-state index >= 15 is 0 Å². The summed E-state index contributed by atoms with van der Waals surface area (Å²) in [5.74, 6) is 0.697. The highest BCUT2D eigenvalue weighted by Crippen LogP contribution is 2.46. The summed E-state index contributed by atoms with van der Waals surface area (Å²) in [6.07, 6.45) is 10.5. The van der Waals surface area contributed by atoms with Gasteiger partial charge >= 0.3 is 0 Å². The van der Waals surface area contributed by atoms with Crippen LogP contribution in [0.2, 0.25) is 5.02 Å². The van der Waals surface area contributed by atoms with Crippen LogP contribution in [0, 0.1) is 11.3 Å². The molecular weight excluding hydrogens is 626 g/mol. The number of hydrogen-bond acceptors (Lipinski definition) is 6. The Morgan fingerprint density at radius 1 is 1.08 bits per heavy atom. The van der Waals surface area contributed by atoms with E-state index < -0.39 is 5.91 Å². The maximum atomic E-state index is 13.8. The molecule has 48 heavy (non-hydrogen) atoms. The molecule has 2 N–H and O–H groups in total. The van der Waals surface area contributed by atoms with Gasteiger partial charge in [-0.1, -0.05) is 55.7 Å².